The molecule has 0 bridgehead atoms. The number of fused-ring (bicyclic) bond motifs is 18. The maximum absolute atomic E-state index is 6.79. The lowest BCUT2D eigenvalue weighted by Crippen LogP contribution is -2.32. The highest BCUT2D eigenvalue weighted by Crippen LogP contribution is 2.67. The maximum Gasteiger partial charge on any atom is 0.132 e. The third-order valence-electron chi connectivity index (χ3n) is 15.6. The molecule has 71 heavy (non-hydrogen) atoms. The van der Waals surface area contributed by atoms with Crippen LogP contribution in [0, 0.1) is 0 Å². The van der Waals surface area contributed by atoms with E-state index < -0.39 is 10.8 Å². The van der Waals surface area contributed by atoms with Gasteiger partial charge in [-0.05, 0) is 104 Å². The Hall–Kier alpha value is -8.63. The van der Waals surface area contributed by atoms with Gasteiger partial charge in [0, 0.05) is 37.6 Å². The number of nitrogens with zero attached hydrogens (tertiary/aromatic N) is 1. The van der Waals surface area contributed by atoms with Gasteiger partial charge >= 0.3 is 0 Å². The van der Waals surface area contributed by atoms with E-state index in [0.717, 1.165) is 50.8 Å². The van der Waals surface area contributed by atoms with Crippen LogP contribution in [0.2, 0.25) is 0 Å². The summed E-state index contributed by atoms with van der Waals surface area (Å²) in [4.78, 5) is 5.19. The summed E-state index contributed by atoms with van der Waals surface area (Å²) in [5, 5.41) is 0. The van der Waals surface area contributed by atoms with E-state index in [9.17, 15) is 0 Å². The fraction of sp³-hybridized carbons (Fsp3) is 0.0294. The van der Waals surface area contributed by atoms with Gasteiger partial charge in [-0.15, -0.1) is 0 Å². The molecule has 4 aliphatic rings. The highest BCUT2D eigenvalue weighted by molar-refractivity contribution is 7.99. The van der Waals surface area contributed by atoms with Crippen molar-refractivity contribution in [1.82, 2.24) is 0 Å². The van der Waals surface area contributed by atoms with Crippen molar-refractivity contribution >= 4 is 28.8 Å². The Morgan fingerprint density at radius 2 is 0.648 bits per heavy atom. The lowest BCUT2D eigenvalue weighted by atomic mass is 9.66. The molecule has 0 amide bonds. The molecule has 0 unspecified atom stereocenters. The smallest absolute Gasteiger partial charge is 0.132 e. The predicted octanol–water partition coefficient (Wildman–Crippen LogP) is 17.8. The zero-order valence-corrected chi connectivity index (χ0v) is 39.4. The Balaban J connectivity index is 1.06. The zero-order valence-electron chi connectivity index (χ0n) is 38.6. The summed E-state index contributed by atoms with van der Waals surface area (Å²) < 4.78 is 6.79. The Morgan fingerprint density at radius 3 is 1.21 bits per heavy atom. The number of rotatable bonds is 5. The lowest BCUT2D eigenvalue weighted by Gasteiger charge is -2.40. The minimum atomic E-state index is -0.631. The van der Waals surface area contributed by atoms with Crippen molar-refractivity contribution in [3.8, 4) is 56.0 Å². The number of benzene rings is 11. The monoisotopic (exact) mass is 921 g/mol. The summed E-state index contributed by atoms with van der Waals surface area (Å²) in [5.74, 6) is 1.77. The maximum atomic E-state index is 6.79. The average Bonchev–Trinajstić information content (AvgIpc) is 3.91. The molecule has 2 spiro atoms. The first-order valence-corrected chi connectivity index (χ1v) is 25.3. The minimum Gasteiger partial charge on any atom is -0.457 e. The van der Waals surface area contributed by atoms with Crippen LogP contribution >= 0.6 is 11.8 Å². The van der Waals surface area contributed by atoms with Crippen molar-refractivity contribution in [3.63, 3.8) is 0 Å². The summed E-state index contributed by atoms with van der Waals surface area (Å²) in [6.07, 6.45) is 0. The van der Waals surface area contributed by atoms with Crippen molar-refractivity contribution in [2.75, 3.05) is 4.90 Å². The first-order chi connectivity index (χ1) is 35.2. The zero-order chi connectivity index (χ0) is 46.7. The molecule has 11 aromatic rings. The largest absolute Gasteiger partial charge is 0.457 e. The Morgan fingerprint density at radius 1 is 0.268 bits per heavy atom. The van der Waals surface area contributed by atoms with Crippen LogP contribution in [0.4, 0.5) is 17.1 Å². The topological polar surface area (TPSA) is 12.5 Å². The molecule has 2 aliphatic carbocycles. The molecular weight excluding hydrogens is 879 g/mol. The van der Waals surface area contributed by atoms with Gasteiger partial charge in [-0.3, -0.25) is 0 Å². The Labute approximate surface area is 418 Å². The van der Waals surface area contributed by atoms with Gasteiger partial charge in [0.25, 0.3) is 0 Å². The van der Waals surface area contributed by atoms with Crippen molar-refractivity contribution in [2.45, 2.75) is 20.6 Å². The van der Waals surface area contributed by atoms with Crippen LogP contribution in [0.3, 0.4) is 0 Å². The second-order valence-corrected chi connectivity index (χ2v) is 20.1. The fourth-order valence-corrected chi connectivity index (χ4v) is 14.1. The van der Waals surface area contributed by atoms with Crippen LogP contribution in [0.1, 0.15) is 44.5 Å². The van der Waals surface area contributed by atoms with Gasteiger partial charge in [0.15, 0.2) is 0 Å². The van der Waals surface area contributed by atoms with Crippen LogP contribution < -0.4 is 9.64 Å². The minimum absolute atomic E-state index is 0.538. The van der Waals surface area contributed by atoms with Gasteiger partial charge in [0.2, 0.25) is 0 Å². The second-order valence-electron chi connectivity index (χ2n) is 19.0. The molecule has 0 atom stereocenters. The summed E-state index contributed by atoms with van der Waals surface area (Å²) >= 11 is 1.88. The van der Waals surface area contributed by atoms with E-state index in [1.165, 1.54) is 76.6 Å². The molecule has 3 heteroatoms. The molecule has 0 saturated carbocycles. The summed E-state index contributed by atoms with van der Waals surface area (Å²) in [7, 11) is 0. The molecule has 0 fully saturated rings. The van der Waals surface area contributed by atoms with Crippen LogP contribution in [-0.2, 0) is 10.8 Å². The molecule has 15 rings (SSSR count). The van der Waals surface area contributed by atoms with Gasteiger partial charge in [0.05, 0.1) is 27.9 Å². The summed E-state index contributed by atoms with van der Waals surface area (Å²) in [5.41, 5.74) is 21.9. The van der Waals surface area contributed by atoms with E-state index in [4.69, 9.17) is 4.74 Å². The van der Waals surface area contributed by atoms with Gasteiger partial charge in [-0.1, -0.05) is 230 Å². The van der Waals surface area contributed by atoms with E-state index in [1.807, 2.05) is 11.8 Å². The average molecular weight is 922 g/mol. The molecule has 332 valence electrons. The lowest BCUT2D eigenvalue weighted by molar-refractivity contribution is 0.436. The normalized spacial score (nSPS) is 14.2. The predicted molar refractivity (Wildman–Crippen MR) is 291 cm³/mol. The third-order valence-corrected chi connectivity index (χ3v) is 16.8. The molecule has 0 radical (unpaired) electrons. The molecule has 0 N–H and O–H groups in total. The third kappa shape index (κ3) is 5.50. The highest BCUT2D eigenvalue weighted by Gasteiger charge is 2.54. The van der Waals surface area contributed by atoms with E-state index in [2.05, 4.69) is 266 Å². The van der Waals surface area contributed by atoms with Gasteiger partial charge in [-0.2, -0.15) is 0 Å². The van der Waals surface area contributed by atoms with Crippen LogP contribution in [0.15, 0.2) is 271 Å². The molecule has 0 saturated heterocycles. The Kier molecular flexibility index (Phi) is 8.76. The number of hydrogen-bond donors (Lipinski definition) is 0. The SMILES string of the molecule is c1ccc(-c2ccc(-c3ccccc3N(c3cccc4c3-c3ccccc3C43c4ccccc4Oc4ccccc43)c3cccc4c3-c3ccccc3C43c4ccccc4Sc4ccccc43)cc2)cc1. The first-order valence-electron chi connectivity index (χ1n) is 24.5. The molecule has 2 aliphatic heterocycles. The molecular formula is C68H43NOS. The van der Waals surface area contributed by atoms with Crippen molar-refractivity contribution in [2.24, 2.45) is 0 Å². The highest BCUT2D eigenvalue weighted by atomic mass is 32.2. The van der Waals surface area contributed by atoms with Crippen LogP contribution in [-0.4, -0.2) is 0 Å². The Bertz CT molecular complexity index is 3680. The number of ether oxygens (including phenoxy) is 1. The molecule has 2 nitrogen and oxygen atoms in total. The van der Waals surface area contributed by atoms with Crippen molar-refractivity contribution in [1.29, 1.82) is 0 Å². The van der Waals surface area contributed by atoms with Gasteiger partial charge in [0.1, 0.15) is 11.5 Å². The van der Waals surface area contributed by atoms with E-state index in [1.54, 1.807) is 0 Å². The van der Waals surface area contributed by atoms with E-state index in [0.29, 0.717) is 0 Å². The quantitative estimate of drug-likeness (QED) is 0.171. The fourth-order valence-electron chi connectivity index (χ4n) is 12.9. The number of anilines is 3. The summed E-state index contributed by atoms with van der Waals surface area (Å²) in [6, 6.07) is 96.7. The van der Waals surface area contributed by atoms with E-state index in [-0.39, 0.29) is 0 Å². The standard InChI is InChI=1S/C68H43NOS/c1-2-20-44(21-3-1)45-40-42-46(43-41-45)47-22-6-13-33-58(47)69(59-34-18-31-56-65(59)48-23-4-7-25-50(48)67(56)52-27-9-14-36-61(52)70-62-37-15-10-28-53(62)67)60-35-19-32-57-66(60)49-24-5-8-26-51(49)68(57)54-29-11-16-38-63(54)71-64-39-17-12-30-55(64)68/h1-43H. The van der Waals surface area contributed by atoms with Crippen LogP contribution in [0.5, 0.6) is 11.5 Å². The van der Waals surface area contributed by atoms with Gasteiger partial charge < -0.3 is 9.64 Å². The number of hydrogen-bond acceptors (Lipinski definition) is 3. The number of para-hydroxylation sites is 3. The first kappa shape index (κ1) is 40.3. The molecule has 2 heterocycles. The van der Waals surface area contributed by atoms with E-state index >= 15 is 0 Å². The molecule has 11 aromatic carbocycles. The second kappa shape index (κ2) is 15.4. The van der Waals surface area contributed by atoms with Crippen molar-refractivity contribution in [3.05, 3.63) is 305 Å². The van der Waals surface area contributed by atoms with Gasteiger partial charge in [-0.25, -0.2) is 0 Å². The van der Waals surface area contributed by atoms with Crippen LogP contribution in [0.25, 0.3) is 44.5 Å². The van der Waals surface area contributed by atoms with Crippen molar-refractivity contribution < 1.29 is 4.74 Å². The summed E-state index contributed by atoms with van der Waals surface area (Å²) in [6.45, 7) is 0. The molecule has 0 aromatic heterocycles.